The van der Waals surface area contributed by atoms with Gasteiger partial charge in [0.1, 0.15) is 0 Å². The molecule has 0 saturated heterocycles. The van der Waals surface area contributed by atoms with Crippen LogP contribution in [-0.2, 0) is 0 Å². The van der Waals surface area contributed by atoms with Gasteiger partial charge < -0.3 is 5.21 Å². The summed E-state index contributed by atoms with van der Waals surface area (Å²) in [5.41, 5.74) is 1.39. The zero-order valence-electron chi connectivity index (χ0n) is 6.07. The number of hydrogen-bond donors (Lipinski definition) is 1. The smallest absolute Gasteiger partial charge is 0.160 e. The average molecular weight is 152 g/mol. The van der Waals surface area contributed by atoms with Crippen LogP contribution >= 0.6 is 0 Å². The second kappa shape index (κ2) is 3.23. The number of quaternary nitrogens is 1. The molecule has 4 nitrogen and oxygen atoms in total. The van der Waals surface area contributed by atoms with Gasteiger partial charge in [-0.25, -0.2) is 0 Å². The van der Waals surface area contributed by atoms with Gasteiger partial charge in [-0.1, -0.05) is 22.6 Å². The highest BCUT2D eigenvalue weighted by molar-refractivity contribution is 5.31. The van der Waals surface area contributed by atoms with Crippen LogP contribution in [0.4, 0.5) is 5.69 Å². The van der Waals surface area contributed by atoms with Crippen LogP contribution in [0.1, 0.15) is 5.56 Å². The maximum Gasteiger partial charge on any atom is 0.160 e. The number of benzene rings is 1. The van der Waals surface area contributed by atoms with Crippen molar-refractivity contribution in [2.45, 2.75) is 6.92 Å². The van der Waals surface area contributed by atoms with Crippen LogP contribution in [-0.4, -0.2) is 0 Å². The number of nitroso groups, excluding NO2 is 1. The molecule has 1 unspecified atom stereocenters. The molecular weight excluding hydrogens is 144 g/mol. The number of rotatable bonds is 2. The van der Waals surface area contributed by atoms with E-state index in [0.29, 0.717) is 5.69 Å². The Morgan fingerprint density at radius 3 is 2.36 bits per heavy atom. The van der Waals surface area contributed by atoms with Gasteiger partial charge in [0.25, 0.3) is 0 Å². The van der Waals surface area contributed by atoms with E-state index in [1.807, 2.05) is 6.92 Å². The minimum atomic E-state index is -0.718. The van der Waals surface area contributed by atoms with E-state index in [0.717, 1.165) is 5.56 Å². The van der Waals surface area contributed by atoms with Crippen LogP contribution in [0.2, 0.25) is 0 Å². The van der Waals surface area contributed by atoms with Gasteiger partial charge in [-0.2, -0.15) is 5.17 Å². The number of hydrogen-bond acceptors (Lipinski definition) is 3. The lowest BCUT2D eigenvalue weighted by Gasteiger charge is -2.08. The predicted molar refractivity (Wildman–Crippen MR) is 41.0 cm³/mol. The van der Waals surface area contributed by atoms with E-state index in [4.69, 9.17) is 0 Å². The Hall–Kier alpha value is -1.26. The summed E-state index contributed by atoms with van der Waals surface area (Å²) < 4.78 is 0. The fraction of sp³-hybridized carbons (Fsp3) is 0.143. The molecule has 1 aromatic carbocycles. The second-order valence-electron chi connectivity index (χ2n) is 2.26. The van der Waals surface area contributed by atoms with Crippen molar-refractivity contribution in [3.8, 4) is 0 Å². The highest BCUT2D eigenvalue weighted by Gasteiger charge is 1.99. The monoisotopic (exact) mass is 152 g/mol. The van der Waals surface area contributed by atoms with Crippen molar-refractivity contribution in [2.24, 2.45) is 5.29 Å². The van der Waals surface area contributed by atoms with Crippen LogP contribution in [0.5, 0.6) is 0 Å². The lowest BCUT2D eigenvalue weighted by Crippen LogP contribution is -2.96. The van der Waals surface area contributed by atoms with Gasteiger partial charge in [0.05, 0.1) is 0 Å². The molecule has 1 aromatic rings. The van der Waals surface area contributed by atoms with Crippen molar-refractivity contribution in [1.82, 2.24) is 0 Å². The van der Waals surface area contributed by atoms with E-state index < -0.39 is 5.17 Å². The summed E-state index contributed by atoms with van der Waals surface area (Å²) >= 11 is 0. The lowest BCUT2D eigenvalue weighted by atomic mass is 10.2. The fourth-order valence-electron chi connectivity index (χ4n) is 0.749. The predicted octanol–water partition coefficient (Wildman–Crippen LogP) is 0.691. The zero-order valence-corrected chi connectivity index (χ0v) is 6.07. The molecule has 0 aliphatic rings. The van der Waals surface area contributed by atoms with Crippen molar-refractivity contribution in [3.05, 3.63) is 39.9 Å². The molecule has 0 aromatic heterocycles. The third-order valence-corrected chi connectivity index (χ3v) is 1.38. The molecule has 4 heteroatoms. The Labute approximate surface area is 64.0 Å². The fourth-order valence-corrected chi connectivity index (χ4v) is 0.749. The molecule has 0 spiro atoms. The molecular formula is C7H8N2O2. The van der Waals surface area contributed by atoms with Crippen molar-refractivity contribution in [3.63, 3.8) is 0 Å². The Balaban J connectivity index is 2.89. The minimum absolute atomic E-state index is 0.339. The highest BCUT2D eigenvalue weighted by atomic mass is 16.6. The molecule has 11 heavy (non-hydrogen) atoms. The van der Waals surface area contributed by atoms with Gasteiger partial charge >= 0.3 is 0 Å². The maximum absolute atomic E-state index is 10.6. The third kappa shape index (κ3) is 1.83. The standard InChI is InChI=1S/C7H8N2O2/c1-6-2-4-7(5-3-6)9(11)8-10/h2-5,9H,1H3. The van der Waals surface area contributed by atoms with Crippen LogP contribution in [0.15, 0.2) is 29.6 Å². The second-order valence-corrected chi connectivity index (χ2v) is 2.26. The molecule has 0 saturated carbocycles. The van der Waals surface area contributed by atoms with Gasteiger partial charge in [0, 0.05) is 12.1 Å². The lowest BCUT2D eigenvalue weighted by molar-refractivity contribution is -0.785. The van der Waals surface area contributed by atoms with Crippen molar-refractivity contribution in [2.75, 3.05) is 0 Å². The van der Waals surface area contributed by atoms with E-state index in [2.05, 4.69) is 5.29 Å². The molecule has 0 aliphatic heterocycles. The van der Waals surface area contributed by atoms with E-state index in [1.54, 1.807) is 24.3 Å². The summed E-state index contributed by atoms with van der Waals surface area (Å²) in [6, 6.07) is 6.69. The first-order chi connectivity index (χ1) is 5.24. The van der Waals surface area contributed by atoms with E-state index in [1.165, 1.54) is 0 Å². The van der Waals surface area contributed by atoms with E-state index >= 15 is 0 Å². The summed E-state index contributed by atoms with van der Waals surface area (Å²) in [6.45, 7) is 1.91. The molecule has 58 valence electrons. The molecule has 0 radical (unpaired) electrons. The molecule has 1 atom stereocenters. The highest BCUT2D eigenvalue weighted by Crippen LogP contribution is 2.02. The number of nitrogens with one attached hydrogen (secondary N) is 1. The first kappa shape index (κ1) is 7.84. The van der Waals surface area contributed by atoms with Crippen LogP contribution in [0, 0.1) is 17.0 Å². The van der Waals surface area contributed by atoms with Crippen LogP contribution in [0.25, 0.3) is 0 Å². The summed E-state index contributed by atoms with van der Waals surface area (Å²) in [7, 11) is 0. The number of aryl methyl sites for hydroxylation is 1. The third-order valence-electron chi connectivity index (χ3n) is 1.38. The quantitative estimate of drug-likeness (QED) is 0.500. The molecule has 0 fully saturated rings. The summed E-state index contributed by atoms with van der Waals surface area (Å²) in [5, 5.41) is 12.2. The minimum Gasteiger partial charge on any atom is -0.598 e. The van der Waals surface area contributed by atoms with Gasteiger partial charge in [0.2, 0.25) is 0 Å². The Morgan fingerprint density at radius 2 is 1.91 bits per heavy atom. The van der Waals surface area contributed by atoms with Crippen molar-refractivity contribution in [1.29, 1.82) is 0 Å². The van der Waals surface area contributed by atoms with E-state index in [-0.39, 0.29) is 0 Å². The summed E-state index contributed by atoms with van der Waals surface area (Å²) in [6.07, 6.45) is 0. The van der Waals surface area contributed by atoms with Crippen molar-refractivity contribution < 1.29 is 5.17 Å². The molecule has 0 bridgehead atoms. The van der Waals surface area contributed by atoms with Gasteiger partial charge in [-0.15, -0.1) is 0 Å². The van der Waals surface area contributed by atoms with E-state index in [9.17, 15) is 10.1 Å². The maximum atomic E-state index is 10.6. The van der Waals surface area contributed by atoms with Gasteiger partial charge in [0.15, 0.2) is 11.0 Å². The van der Waals surface area contributed by atoms with Gasteiger partial charge in [-0.05, 0) is 6.92 Å². The normalized spacial score (nSPS) is 12.5. The molecule has 0 heterocycles. The number of nitrogens with zero attached hydrogens (tertiary/aromatic N) is 1. The topological polar surface area (TPSA) is 56.9 Å². The van der Waals surface area contributed by atoms with Gasteiger partial charge in [-0.3, -0.25) is 0 Å². The zero-order chi connectivity index (χ0) is 8.27. The molecule has 0 aliphatic carbocycles. The van der Waals surface area contributed by atoms with Crippen LogP contribution < -0.4 is 5.17 Å². The molecule has 0 amide bonds. The Bertz CT molecular complexity index is 245. The SMILES string of the molecule is Cc1ccc([NH+]([O-])N=O)cc1. The summed E-state index contributed by atoms with van der Waals surface area (Å²) in [4.78, 5) is 9.79. The summed E-state index contributed by atoms with van der Waals surface area (Å²) in [5.74, 6) is 0. The Kier molecular flexibility index (Phi) is 2.30. The van der Waals surface area contributed by atoms with Crippen LogP contribution in [0.3, 0.4) is 0 Å². The average Bonchev–Trinajstić information content (AvgIpc) is 2.05. The van der Waals surface area contributed by atoms with Crippen molar-refractivity contribution >= 4 is 5.69 Å². The molecule has 1 rings (SSSR count). The first-order valence-corrected chi connectivity index (χ1v) is 3.18. The largest absolute Gasteiger partial charge is 0.598 e. The Morgan fingerprint density at radius 1 is 1.36 bits per heavy atom. The molecule has 1 N–H and O–H groups in total. The first-order valence-electron chi connectivity index (χ1n) is 3.18.